The molecule has 0 spiro atoms. The molecule has 0 bridgehead atoms. The molecule has 0 atom stereocenters. The standard InChI is InChI=1S/C26H29FN6O2/c1-3-32(4-2)14-15-35-22-13-12-21(23-24(22)30-31-25(23)28)17-8-10-19(11-9-17)33(26(29)34)20-7-5-6-18(27)16-20/h5-13,16H,3-4,14-15H2,1-2H3,(H2,29,34)(H3,28,30,31). The first-order valence-electron chi connectivity index (χ1n) is 11.5. The van der Waals surface area contributed by atoms with E-state index in [2.05, 4.69) is 28.9 Å². The monoisotopic (exact) mass is 476 g/mol. The number of nitrogens with two attached hydrogens (primary N) is 2. The van der Waals surface area contributed by atoms with Gasteiger partial charge in [0, 0.05) is 6.54 Å². The van der Waals surface area contributed by atoms with Gasteiger partial charge in [0.05, 0.1) is 16.8 Å². The van der Waals surface area contributed by atoms with Crippen LogP contribution >= 0.6 is 0 Å². The van der Waals surface area contributed by atoms with E-state index in [4.69, 9.17) is 16.2 Å². The van der Waals surface area contributed by atoms with Crippen molar-refractivity contribution in [2.45, 2.75) is 13.8 Å². The van der Waals surface area contributed by atoms with Crippen molar-refractivity contribution in [3.8, 4) is 16.9 Å². The van der Waals surface area contributed by atoms with E-state index < -0.39 is 11.8 Å². The van der Waals surface area contributed by atoms with E-state index in [9.17, 15) is 9.18 Å². The zero-order valence-corrected chi connectivity index (χ0v) is 19.8. The number of anilines is 3. The minimum absolute atomic E-state index is 0.345. The van der Waals surface area contributed by atoms with Gasteiger partial charge in [-0.3, -0.25) is 10.00 Å². The summed E-state index contributed by atoms with van der Waals surface area (Å²) in [4.78, 5) is 15.7. The Morgan fingerprint density at radius 2 is 1.80 bits per heavy atom. The van der Waals surface area contributed by atoms with Crippen molar-refractivity contribution in [2.24, 2.45) is 5.73 Å². The molecule has 1 heterocycles. The van der Waals surface area contributed by atoms with Crippen molar-refractivity contribution >= 4 is 34.1 Å². The summed E-state index contributed by atoms with van der Waals surface area (Å²) in [6, 6.07) is 16.0. The Balaban J connectivity index is 1.63. The number of rotatable bonds is 9. The van der Waals surface area contributed by atoms with Crippen LogP contribution < -0.4 is 21.1 Å². The van der Waals surface area contributed by atoms with E-state index in [1.54, 1.807) is 18.2 Å². The number of carbonyl (C=O) groups excluding carboxylic acids is 1. The predicted molar refractivity (Wildman–Crippen MR) is 137 cm³/mol. The number of halogens is 1. The van der Waals surface area contributed by atoms with Crippen molar-refractivity contribution in [1.82, 2.24) is 15.1 Å². The third-order valence-corrected chi connectivity index (χ3v) is 5.99. The van der Waals surface area contributed by atoms with E-state index in [1.807, 2.05) is 24.3 Å². The maximum absolute atomic E-state index is 13.7. The van der Waals surface area contributed by atoms with Gasteiger partial charge in [0.1, 0.15) is 23.7 Å². The second kappa shape index (κ2) is 10.4. The highest BCUT2D eigenvalue weighted by Crippen LogP contribution is 2.37. The average Bonchev–Trinajstić information content (AvgIpc) is 3.24. The summed E-state index contributed by atoms with van der Waals surface area (Å²) in [5.74, 6) is 0.595. The lowest BCUT2D eigenvalue weighted by molar-refractivity contribution is 0.224. The predicted octanol–water partition coefficient (Wildman–Crippen LogP) is 4.89. The topological polar surface area (TPSA) is 114 Å². The Hall–Kier alpha value is -4.11. The van der Waals surface area contributed by atoms with Crippen molar-refractivity contribution in [3.05, 3.63) is 66.5 Å². The van der Waals surface area contributed by atoms with Gasteiger partial charge < -0.3 is 21.1 Å². The second-order valence-electron chi connectivity index (χ2n) is 8.05. The van der Waals surface area contributed by atoms with Crippen LogP contribution in [0.1, 0.15) is 13.8 Å². The number of nitrogens with one attached hydrogen (secondary N) is 1. The van der Waals surface area contributed by atoms with Crippen LogP contribution in [0.5, 0.6) is 5.75 Å². The van der Waals surface area contributed by atoms with Crippen LogP contribution in [0, 0.1) is 5.82 Å². The van der Waals surface area contributed by atoms with Gasteiger partial charge in [0.2, 0.25) is 0 Å². The number of hydrogen-bond acceptors (Lipinski definition) is 5. The fourth-order valence-electron chi connectivity index (χ4n) is 4.13. The fraction of sp³-hybridized carbons (Fsp3) is 0.231. The Bertz CT molecular complexity index is 1320. The summed E-state index contributed by atoms with van der Waals surface area (Å²) >= 11 is 0. The number of amides is 2. The SMILES string of the molecule is CCN(CC)CCOc1ccc(-c2ccc(N(C(N)=O)c3cccc(F)c3)cc2)c2c(N)n[nH]c12. The number of nitrogen functional groups attached to an aromatic ring is 1. The van der Waals surface area contributed by atoms with E-state index in [1.165, 1.54) is 23.1 Å². The molecule has 0 fully saturated rings. The number of aromatic nitrogens is 2. The van der Waals surface area contributed by atoms with Gasteiger partial charge in [-0.1, -0.05) is 32.0 Å². The number of urea groups is 1. The number of aromatic amines is 1. The minimum Gasteiger partial charge on any atom is -0.490 e. The average molecular weight is 477 g/mol. The molecule has 3 aromatic carbocycles. The number of primary amides is 1. The highest BCUT2D eigenvalue weighted by atomic mass is 19.1. The molecule has 0 saturated heterocycles. The molecule has 5 N–H and O–H groups in total. The first-order valence-corrected chi connectivity index (χ1v) is 11.5. The van der Waals surface area contributed by atoms with Gasteiger partial charge in [0.25, 0.3) is 0 Å². The van der Waals surface area contributed by atoms with E-state index >= 15 is 0 Å². The molecular weight excluding hydrogens is 447 g/mol. The van der Waals surface area contributed by atoms with Crippen molar-refractivity contribution in [1.29, 1.82) is 0 Å². The van der Waals surface area contributed by atoms with Crippen LogP contribution in [0.4, 0.5) is 26.4 Å². The van der Waals surface area contributed by atoms with Crippen molar-refractivity contribution in [2.75, 3.05) is 36.9 Å². The third kappa shape index (κ3) is 5.04. The van der Waals surface area contributed by atoms with Gasteiger partial charge in [0.15, 0.2) is 5.82 Å². The molecule has 0 saturated carbocycles. The van der Waals surface area contributed by atoms with E-state index in [-0.39, 0.29) is 0 Å². The van der Waals surface area contributed by atoms with Gasteiger partial charge in [-0.15, -0.1) is 0 Å². The molecule has 0 unspecified atom stereocenters. The van der Waals surface area contributed by atoms with Crippen LogP contribution in [0.25, 0.3) is 22.0 Å². The Morgan fingerprint density at radius 1 is 1.06 bits per heavy atom. The molecule has 0 radical (unpaired) electrons. The second-order valence-corrected chi connectivity index (χ2v) is 8.05. The van der Waals surface area contributed by atoms with Gasteiger partial charge in [-0.05, 0) is 66.7 Å². The molecule has 2 amide bonds. The number of benzene rings is 3. The summed E-state index contributed by atoms with van der Waals surface area (Å²) in [7, 11) is 0. The van der Waals surface area contributed by atoms with Gasteiger partial charge >= 0.3 is 6.03 Å². The Kier molecular flexibility index (Phi) is 7.17. The molecule has 0 aliphatic heterocycles. The molecule has 1 aromatic heterocycles. The van der Waals surface area contributed by atoms with Crippen molar-refractivity contribution < 1.29 is 13.9 Å². The van der Waals surface area contributed by atoms with Crippen LogP contribution in [0.3, 0.4) is 0 Å². The first-order chi connectivity index (χ1) is 16.9. The maximum atomic E-state index is 13.7. The summed E-state index contributed by atoms with van der Waals surface area (Å²) in [5, 5.41) is 7.94. The first kappa shape index (κ1) is 24.0. The Morgan fingerprint density at radius 3 is 2.46 bits per heavy atom. The lowest BCUT2D eigenvalue weighted by Gasteiger charge is -2.21. The minimum atomic E-state index is -0.712. The number of H-pyrrole nitrogens is 1. The molecule has 0 aliphatic carbocycles. The third-order valence-electron chi connectivity index (χ3n) is 5.99. The van der Waals surface area contributed by atoms with Gasteiger partial charge in [-0.2, -0.15) is 5.10 Å². The smallest absolute Gasteiger partial charge is 0.323 e. The number of nitrogens with zero attached hydrogens (tertiary/aromatic N) is 3. The highest BCUT2D eigenvalue weighted by Gasteiger charge is 2.18. The lowest BCUT2D eigenvalue weighted by Crippen LogP contribution is -2.31. The van der Waals surface area contributed by atoms with Crippen LogP contribution in [-0.4, -0.2) is 47.4 Å². The zero-order chi connectivity index (χ0) is 24.9. The fourth-order valence-corrected chi connectivity index (χ4v) is 4.13. The summed E-state index contributed by atoms with van der Waals surface area (Å²) in [5.41, 5.74) is 15.1. The molecule has 0 aliphatic rings. The molecule has 8 nitrogen and oxygen atoms in total. The van der Waals surface area contributed by atoms with Gasteiger partial charge in [-0.25, -0.2) is 9.18 Å². The summed E-state index contributed by atoms with van der Waals surface area (Å²) < 4.78 is 19.8. The highest BCUT2D eigenvalue weighted by molar-refractivity contribution is 6.04. The Labute approximate surface area is 203 Å². The number of fused-ring (bicyclic) bond motifs is 1. The van der Waals surface area contributed by atoms with Crippen molar-refractivity contribution in [3.63, 3.8) is 0 Å². The molecule has 9 heteroatoms. The largest absolute Gasteiger partial charge is 0.490 e. The molecule has 4 rings (SSSR count). The van der Waals surface area contributed by atoms with Crippen LogP contribution in [-0.2, 0) is 0 Å². The maximum Gasteiger partial charge on any atom is 0.323 e. The molecule has 4 aromatic rings. The number of carbonyl (C=O) groups is 1. The number of likely N-dealkylation sites (N-methyl/N-ethyl adjacent to an activating group) is 1. The normalized spacial score (nSPS) is 11.2. The number of ether oxygens (including phenoxy) is 1. The lowest BCUT2D eigenvalue weighted by atomic mass is 10.0. The van der Waals surface area contributed by atoms with Crippen LogP contribution in [0.15, 0.2) is 60.7 Å². The quantitative estimate of drug-likeness (QED) is 0.318. The summed E-state index contributed by atoms with van der Waals surface area (Å²) in [6.45, 7) is 7.55. The van der Waals surface area contributed by atoms with E-state index in [0.29, 0.717) is 29.5 Å². The molecule has 182 valence electrons. The summed E-state index contributed by atoms with van der Waals surface area (Å²) in [6.07, 6.45) is 0. The molecular formula is C26H29FN6O2. The molecule has 35 heavy (non-hydrogen) atoms. The number of hydrogen-bond donors (Lipinski definition) is 3. The zero-order valence-electron chi connectivity index (χ0n) is 19.8. The van der Waals surface area contributed by atoms with E-state index in [0.717, 1.165) is 41.7 Å². The van der Waals surface area contributed by atoms with Crippen LogP contribution in [0.2, 0.25) is 0 Å².